The SMILES string of the molecule is CC1(C)CN(C(=O)N2CCCN(I)CC2)C1. The Balaban J connectivity index is 1.85. The number of hydrogen-bond donors (Lipinski definition) is 0. The Morgan fingerprint density at radius 1 is 1.06 bits per heavy atom. The van der Waals surface area contributed by atoms with Crippen LogP contribution in [-0.4, -0.2) is 58.2 Å². The van der Waals surface area contributed by atoms with E-state index < -0.39 is 0 Å². The van der Waals surface area contributed by atoms with E-state index in [4.69, 9.17) is 0 Å². The van der Waals surface area contributed by atoms with E-state index in [2.05, 4.69) is 39.8 Å². The third kappa shape index (κ3) is 2.80. The van der Waals surface area contributed by atoms with Gasteiger partial charge in [-0.3, -0.25) is 0 Å². The van der Waals surface area contributed by atoms with Crippen LogP contribution in [0.1, 0.15) is 20.3 Å². The monoisotopic (exact) mass is 337 g/mol. The molecular weight excluding hydrogens is 317 g/mol. The number of rotatable bonds is 0. The lowest BCUT2D eigenvalue weighted by molar-refractivity contribution is 0.0433. The molecule has 16 heavy (non-hydrogen) atoms. The van der Waals surface area contributed by atoms with Gasteiger partial charge < -0.3 is 9.80 Å². The largest absolute Gasteiger partial charge is 0.323 e. The van der Waals surface area contributed by atoms with Gasteiger partial charge in [0.25, 0.3) is 0 Å². The van der Waals surface area contributed by atoms with E-state index in [-0.39, 0.29) is 6.03 Å². The molecule has 0 aromatic heterocycles. The summed E-state index contributed by atoms with van der Waals surface area (Å²) in [5, 5.41) is 0. The molecule has 0 bridgehead atoms. The number of urea groups is 1. The molecule has 2 heterocycles. The van der Waals surface area contributed by atoms with E-state index in [9.17, 15) is 4.79 Å². The predicted octanol–water partition coefficient (Wildman–Crippen LogP) is 1.81. The van der Waals surface area contributed by atoms with Crippen molar-refractivity contribution in [3.8, 4) is 0 Å². The Bertz CT molecular complexity index is 274. The molecule has 0 atom stereocenters. The van der Waals surface area contributed by atoms with Gasteiger partial charge in [-0.2, -0.15) is 0 Å². The summed E-state index contributed by atoms with van der Waals surface area (Å²) < 4.78 is 2.27. The summed E-state index contributed by atoms with van der Waals surface area (Å²) in [6.07, 6.45) is 1.09. The molecule has 0 N–H and O–H groups in total. The van der Waals surface area contributed by atoms with E-state index >= 15 is 0 Å². The smallest absolute Gasteiger partial charge is 0.320 e. The van der Waals surface area contributed by atoms with E-state index in [0.29, 0.717) is 5.41 Å². The summed E-state index contributed by atoms with van der Waals surface area (Å²) >= 11 is 2.34. The van der Waals surface area contributed by atoms with Gasteiger partial charge in [-0.05, 0) is 6.42 Å². The highest BCUT2D eigenvalue weighted by atomic mass is 127. The molecule has 2 saturated heterocycles. The minimum Gasteiger partial charge on any atom is -0.323 e. The molecule has 0 spiro atoms. The van der Waals surface area contributed by atoms with Crippen LogP contribution in [0.4, 0.5) is 4.79 Å². The van der Waals surface area contributed by atoms with Gasteiger partial charge in [0.05, 0.1) is 0 Å². The van der Waals surface area contributed by atoms with Crippen LogP contribution < -0.4 is 0 Å². The molecule has 0 aromatic rings. The van der Waals surface area contributed by atoms with Gasteiger partial charge in [0.2, 0.25) is 0 Å². The van der Waals surface area contributed by atoms with Crippen LogP contribution in [0.3, 0.4) is 0 Å². The Hall–Kier alpha value is -0.0400. The number of nitrogens with zero attached hydrogens (tertiary/aromatic N) is 3. The van der Waals surface area contributed by atoms with Gasteiger partial charge in [0, 0.05) is 67.5 Å². The van der Waals surface area contributed by atoms with Gasteiger partial charge in [-0.1, -0.05) is 13.8 Å². The number of amides is 2. The fourth-order valence-electron chi connectivity index (χ4n) is 2.40. The van der Waals surface area contributed by atoms with Crippen LogP contribution in [0, 0.1) is 5.41 Å². The van der Waals surface area contributed by atoms with Gasteiger partial charge in [0.1, 0.15) is 0 Å². The fourth-order valence-corrected chi connectivity index (χ4v) is 2.96. The van der Waals surface area contributed by atoms with Crippen molar-refractivity contribution in [2.24, 2.45) is 5.41 Å². The average molecular weight is 337 g/mol. The van der Waals surface area contributed by atoms with E-state index in [0.717, 1.165) is 45.7 Å². The molecule has 2 fully saturated rings. The maximum Gasteiger partial charge on any atom is 0.320 e. The number of carbonyl (C=O) groups is 1. The summed E-state index contributed by atoms with van der Waals surface area (Å²) in [5.74, 6) is 0. The number of carbonyl (C=O) groups excluding carboxylic acids is 1. The summed E-state index contributed by atoms with van der Waals surface area (Å²) in [6.45, 7) is 10.1. The molecule has 0 unspecified atom stereocenters. The van der Waals surface area contributed by atoms with Crippen molar-refractivity contribution in [1.29, 1.82) is 0 Å². The van der Waals surface area contributed by atoms with Gasteiger partial charge in [0.15, 0.2) is 0 Å². The first-order valence-electron chi connectivity index (χ1n) is 5.92. The van der Waals surface area contributed by atoms with Crippen molar-refractivity contribution in [3.63, 3.8) is 0 Å². The van der Waals surface area contributed by atoms with Crippen molar-refractivity contribution in [1.82, 2.24) is 12.9 Å². The fraction of sp³-hybridized carbons (Fsp3) is 0.909. The van der Waals surface area contributed by atoms with Gasteiger partial charge in [-0.25, -0.2) is 7.91 Å². The molecule has 2 aliphatic heterocycles. The molecule has 92 valence electrons. The standard InChI is InChI=1S/C11H20IN3O/c1-11(2)8-14(9-11)10(16)13-4-3-5-15(12)7-6-13/h3-9H2,1-2H3. The molecular formula is C11H20IN3O. The molecule has 2 amide bonds. The van der Waals surface area contributed by atoms with Gasteiger partial charge in [-0.15, -0.1) is 0 Å². The third-order valence-electron chi connectivity index (χ3n) is 3.22. The third-order valence-corrected chi connectivity index (χ3v) is 4.19. The molecule has 0 aromatic carbocycles. The van der Waals surface area contributed by atoms with Crippen molar-refractivity contribution in [3.05, 3.63) is 0 Å². The van der Waals surface area contributed by atoms with Crippen molar-refractivity contribution in [2.45, 2.75) is 20.3 Å². The number of likely N-dealkylation sites (tertiary alicyclic amines) is 1. The molecule has 0 aliphatic carbocycles. The van der Waals surface area contributed by atoms with Crippen LogP contribution in [0.15, 0.2) is 0 Å². The zero-order valence-corrected chi connectivity index (χ0v) is 12.2. The van der Waals surface area contributed by atoms with E-state index in [1.165, 1.54) is 0 Å². The molecule has 2 aliphatic rings. The topological polar surface area (TPSA) is 26.8 Å². The summed E-state index contributed by atoms with van der Waals surface area (Å²) in [5.41, 5.74) is 0.330. The second-order valence-corrected chi connectivity index (χ2v) is 6.92. The van der Waals surface area contributed by atoms with Crippen molar-refractivity contribution in [2.75, 3.05) is 39.3 Å². The summed E-state index contributed by atoms with van der Waals surface area (Å²) in [4.78, 5) is 16.1. The van der Waals surface area contributed by atoms with Crippen molar-refractivity contribution < 1.29 is 4.79 Å². The lowest BCUT2D eigenvalue weighted by Crippen LogP contribution is -2.59. The van der Waals surface area contributed by atoms with Gasteiger partial charge >= 0.3 is 6.03 Å². The Labute approximate surface area is 111 Å². The van der Waals surface area contributed by atoms with Crippen LogP contribution >= 0.6 is 22.9 Å². The zero-order chi connectivity index (χ0) is 11.8. The second-order valence-electron chi connectivity index (χ2n) is 5.55. The van der Waals surface area contributed by atoms with Crippen LogP contribution in [-0.2, 0) is 0 Å². The van der Waals surface area contributed by atoms with E-state index in [1.807, 2.05) is 9.80 Å². The predicted molar refractivity (Wildman–Crippen MR) is 72.5 cm³/mol. The number of halogens is 1. The average Bonchev–Trinajstić information content (AvgIpc) is 2.38. The normalized spacial score (nSPS) is 26.2. The molecule has 0 radical (unpaired) electrons. The van der Waals surface area contributed by atoms with Crippen LogP contribution in [0.25, 0.3) is 0 Å². The highest BCUT2D eigenvalue weighted by molar-refractivity contribution is 14.1. The maximum atomic E-state index is 12.2. The second kappa shape index (κ2) is 4.68. The molecule has 0 saturated carbocycles. The lowest BCUT2D eigenvalue weighted by atomic mass is 9.85. The number of hydrogen-bond acceptors (Lipinski definition) is 2. The van der Waals surface area contributed by atoms with Crippen LogP contribution in [0.5, 0.6) is 0 Å². The zero-order valence-electron chi connectivity index (χ0n) is 10.1. The van der Waals surface area contributed by atoms with Crippen LogP contribution in [0.2, 0.25) is 0 Å². The maximum absolute atomic E-state index is 12.2. The minimum atomic E-state index is 0.242. The van der Waals surface area contributed by atoms with E-state index in [1.54, 1.807) is 0 Å². The molecule has 5 heteroatoms. The highest BCUT2D eigenvalue weighted by Crippen LogP contribution is 2.29. The first-order chi connectivity index (χ1) is 7.48. The summed E-state index contributed by atoms with van der Waals surface area (Å²) in [6, 6.07) is 0.242. The Kier molecular flexibility index (Phi) is 3.63. The molecule has 2 rings (SSSR count). The quantitative estimate of drug-likeness (QED) is 0.498. The Morgan fingerprint density at radius 3 is 2.38 bits per heavy atom. The van der Waals surface area contributed by atoms with Crippen molar-refractivity contribution >= 4 is 28.9 Å². The first kappa shape index (κ1) is 12.4. The summed E-state index contributed by atoms with van der Waals surface area (Å²) in [7, 11) is 0. The minimum absolute atomic E-state index is 0.242. The Morgan fingerprint density at radius 2 is 1.75 bits per heavy atom. The highest BCUT2D eigenvalue weighted by Gasteiger charge is 2.39. The molecule has 4 nitrogen and oxygen atoms in total. The lowest BCUT2D eigenvalue weighted by Gasteiger charge is -2.47. The first-order valence-corrected chi connectivity index (χ1v) is 6.89.